The molecule has 1 aliphatic carbocycles. The monoisotopic (exact) mass is 204 g/mol. The normalized spacial score (nSPS) is 20.4. The molecule has 80 valence electrons. The highest BCUT2D eigenvalue weighted by Gasteiger charge is 2.02. The molecule has 15 heavy (non-hydrogen) atoms. The molecule has 0 amide bonds. The van der Waals surface area contributed by atoms with Crippen molar-refractivity contribution in [3.05, 3.63) is 48.6 Å². The molecule has 0 aromatic rings. The Morgan fingerprint density at radius 1 is 1.40 bits per heavy atom. The SMILES string of the molecule is O=C(O)C=CC=CCCC1C=CC=CC1. The second kappa shape index (κ2) is 6.82. The zero-order valence-electron chi connectivity index (χ0n) is 8.67. The van der Waals surface area contributed by atoms with E-state index in [9.17, 15) is 4.79 Å². The van der Waals surface area contributed by atoms with Gasteiger partial charge in [0, 0.05) is 6.08 Å². The summed E-state index contributed by atoms with van der Waals surface area (Å²) in [6, 6.07) is 0. The number of carboxylic acids is 1. The molecular weight excluding hydrogens is 188 g/mol. The summed E-state index contributed by atoms with van der Waals surface area (Å²) in [5.74, 6) is -0.261. The maximum absolute atomic E-state index is 10.1. The summed E-state index contributed by atoms with van der Waals surface area (Å²) in [7, 11) is 0. The minimum Gasteiger partial charge on any atom is -0.478 e. The average molecular weight is 204 g/mol. The molecule has 1 N–H and O–H groups in total. The van der Waals surface area contributed by atoms with E-state index in [2.05, 4.69) is 24.3 Å². The van der Waals surface area contributed by atoms with Crippen molar-refractivity contribution in [3.63, 3.8) is 0 Å². The van der Waals surface area contributed by atoms with Crippen LogP contribution in [-0.4, -0.2) is 11.1 Å². The van der Waals surface area contributed by atoms with E-state index in [-0.39, 0.29) is 0 Å². The van der Waals surface area contributed by atoms with Gasteiger partial charge in [0.2, 0.25) is 0 Å². The largest absolute Gasteiger partial charge is 0.478 e. The van der Waals surface area contributed by atoms with Crippen molar-refractivity contribution in [3.8, 4) is 0 Å². The summed E-state index contributed by atoms with van der Waals surface area (Å²) in [5.41, 5.74) is 0. The molecule has 0 aromatic carbocycles. The van der Waals surface area contributed by atoms with Gasteiger partial charge in [-0.1, -0.05) is 42.5 Å². The van der Waals surface area contributed by atoms with Crippen molar-refractivity contribution in [1.82, 2.24) is 0 Å². The highest BCUT2D eigenvalue weighted by molar-refractivity contribution is 5.80. The van der Waals surface area contributed by atoms with Crippen molar-refractivity contribution in [2.75, 3.05) is 0 Å². The van der Waals surface area contributed by atoms with Gasteiger partial charge in [-0.2, -0.15) is 0 Å². The van der Waals surface area contributed by atoms with Crippen molar-refractivity contribution in [2.45, 2.75) is 19.3 Å². The molecule has 0 saturated carbocycles. The number of hydrogen-bond donors (Lipinski definition) is 1. The van der Waals surface area contributed by atoms with E-state index in [1.165, 1.54) is 0 Å². The summed E-state index contributed by atoms with van der Waals surface area (Å²) in [6.45, 7) is 0. The van der Waals surface area contributed by atoms with Gasteiger partial charge in [0.1, 0.15) is 0 Å². The van der Waals surface area contributed by atoms with E-state index in [1.807, 2.05) is 6.08 Å². The lowest BCUT2D eigenvalue weighted by atomic mass is 9.96. The molecule has 0 spiro atoms. The zero-order valence-corrected chi connectivity index (χ0v) is 8.67. The fraction of sp³-hybridized carbons (Fsp3) is 0.308. The fourth-order valence-electron chi connectivity index (χ4n) is 1.47. The first-order valence-electron chi connectivity index (χ1n) is 5.18. The molecule has 0 aliphatic heterocycles. The van der Waals surface area contributed by atoms with E-state index >= 15 is 0 Å². The smallest absolute Gasteiger partial charge is 0.328 e. The summed E-state index contributed by atoms with van der Waals surface area (Å²) < 4.78 is 0. The van der Waals surface area contributed by atoms with Crippen LogP contribution in [0.4, 0.5) is 0 Å². The molecule has 0 bridgehead atoms. The molecule has 2 heteroatoms. The minimum atomic E-state index is -0.903. The zero-order chi connectivity index (χ0) is 10.9. The predicted molar refractivity (Wildman–Crippen MR) is 61.5 cm³/mol. The summed E-state index contributed by atoms with van der Waals surface area (Å²) in [6.07, 6.45) is 18.3. The lowest BCUT2D eigenvalue weighted by molar-refractivity contribution is -0.131. The van der Waals surface area contributed by atoms with Gasteiger partial charge in [0.15, 0.2) is 0 Å². The summed E-state index contributed by atoms with van der Waals surface area (Å²) >= 11 is 0. The maximum atomic E-state index is 10.1. The third-order valence-corrected chi connectivity index (χ3v) is 2.26. The summed E-state index contributed by atoms with van der Waals surface area (Å²) in [5, 5.41) is 8.34. The Bertz CT molecular complexity index is 308. The summed E-state index contributed by atoms with van der Waals surface area (Å²) in [4.78, 5) is 10.1. The Balaban J connectivity index is 2.13. The van der Waals surface area contributed by atoms with Gasteiger partial charge >= 0.3 is 5.97 Å². The molecule has 1 atom stereocenters. The Hall–Kier alpha value is -1.57. The van der Waals surface area contributed by atoms with Crippen molar-refractivity contribution < 1.29 is 9.90 Å². The Kier molecular flexibility index (Phi) is 5.23. The number of allylic oxidation sites excluding steroid dienone is 7. The van der Waals surface area contributed by atoms with Gasteiger partial charge in [0.05, 0.1) is 0 Å². The molecule has 1 aliphatic rings. The molecule has 0 heterocycles. The molecule has 0 aromatic heterocycles. The molecule has 0 radical (unpaired) electrons. The van der Waals surface area contributed by atoms with E-state index in [0.29, 0.717) is 5.92 Å². The van der Waals surface area contributed by atoms with Crippen molar-refractivity contribution in [2.24, 2.45) is 5.92 Å². The quantitative estimate of drug-likeness (QED) is 0.552. The van der Waals surface area contributed by atoms with Crippen molar-refractivity contribution >= 4 is 5.97 Å². The van der Waals surface area contributed by atoms with Crippen LogP contribution in [-0.2, 0) is 4.79 Å². The molecule has 2 nitrogen and oxygen atoms in total. The van der Waals surface area contributed by atoms with Crippen LogP contribution in [0.25, 0.3) is 0 Å². The molecule has 0 fully saturated rings. The van der Waals surface area contributed by atoms with Gasteiger partial charge in [-0.3, -0.25) is 0 Å². The van der Waals surface area contributed by atoms with Crippen LogP contribution in [0.1, 0.15) is 19.3 Å². The number of aliphatic carboxylic acids is 1. The van der Waals surface area contributed by atoms with Crippen LogP contribution in [0, 0.1) is 5.92 Å². The van der Waals surface area contributed by atoms with Crippen LogP contribution in [0.15, 0.2) is 48.6 Å². The van der Waals surface area contributed by atoms with Gasteiger partial charge in [-0.15, -0.1) is 0 Å². The van der Waals surface area contributed by atoms with Gasteiger partial charge in [-0.05, 0) is 25.2 Å². The van der Waals surface area contributed by atoms with Gasteiger partial charge in [-0.25, -0.2) is 4.79 Å². The number of carbonyl (C=O) groups is 1. The number of carboxylic acid groups (broad SMARTS) is 1. The topological polar surface area (TPSA) is 37.3 Å². The highest BCUT2D eigenvalue weighted by Crippen LogP contribution is 2.17. The standard InChI is InChI=1S/C13H16O2/c14-13(15)11-7-2-1-4-8-12-9-5-3-6-10-12/h1-3,5-7,9,11-12H,4,8,10H2,(H,14,15). The number of hydrogen-bond acceptors (Lipinski definition) is 1. The van der Waals surface area contributed by atoms with E-state index in [4.69, 9.17) is 5.11 Å². The first-order valence-corrected chi connectivity index (χ1v) is 5.18. The van der Waals surface area contributed by atoms with Crippen LogP contribution < -0.4 is 0 Å². The predicted octanol–water partition coefficient (Wildman–Crippen LogP) is 3.10. The Morgan fingerprint density at radius 3 is 2.93 bits per heavy atom. The van der Waals surface area contributed by atoms with Crippen molar-refractivity contribution in [1.29, 1.82) is 0 Å². The van der Waals surface area contributed by atoms with Crippen LogP contribution >= 0.6 is 0 Å². The lowest BCUT2D eigenvalue weighted by Crippen LogP contribution is -1.95. The Labute approximate surface area is 90.3 Å². The number of rotatable bonds is 5. The third-order valence-electron chi connectivity index (χ3n) is 2.26. The Morgan fingerprint density at radius 2 is 2.27 bits per heavy atom. The van der Waals surface area contributed by atoms with E-state index in [0.717, 1.165) is 25.3 Å². The molecule has 1 unspecified atom stereocenters. The molecule has 0 saturated heterocycles. The van der Waals surface area contributed by atoms with Crippen LogP contribution in [0.3, 0.4) is 0 Å². The second-order valence-electron chi connectivity index (χ2n) is 3.51. The van der Waals surface area contributed by atoms with E-state index < -0.39 is 5.97 Å². The lowest BCUT2D eigenvalue weighted by Gasteiger charge is -2.10. The van der Waals surface area contributed by atoms with Crippen LogP contribution in [0.2, 0.25) is 0 Å². The first-order chi connectivity index (χ1) is 7.29. The first kappa shape index (κ1) is 11.5. The van der Waals surface area contributed by atoms with E-state index in [1.54, 1.807) is 12.2 Å². The second-order valence-corrected chi connectivity index (χ2v) is 3.51. The highest BCUT2D eigenvalue weighted by atomic mass is 16.4. The third kappa shape index (κ3) is 5.68. The van der Waals surface area contributed by atoms with Crippen LogP contribution in [0.5, 0.6) is 0 Å². The molecule has 1 rings (SSSR count). The molecular formula is C13H16O2. The van der Waals surface area contributed by atoms with Gasteiger partial charge < -0.3 is 5.11 Å². The maximum Gasteiger partial charge on any atom is 0.328 e. The fourth-order valence-corrected chi connectivity index (χ4v) is 1.47. The average Bonchev–Trinajstić information content (AvgIpc) is 2.24. The minimum absolute atomic E-state index is 0.642. The van der Waals surface area contributed by atoms with Gasteiger partial charge in [0.25, 0.3) is 0 Å².